The van der Waals surface area contributed by atoms with Gasteiger partial charge in [-0.2, -0.15) is 0 Å². The van der Waals surface area contributed by atoms with E-state index in [1.807, 2.05) is 12.4 Å². The number of nitrogens with zero attached hydrogens (tertiary/aromatic N) is 2. The fourth-order valence-corrected chi connectivity index (χ4v) is 2.86. The molecular weight excluding hydrogens is 238 g/mol. The van der Waals surface area contributed by atoms with Crippen LogP contribution >= 0.6 is 0 Å². The number of pyridine rings is 1. The van der Waals surface area contributed by atoms with E-state index in [9.17, 15) is 0 Å². The van der Waals surface area contributed by atoms with E-state index in [1.54, 1.807) is 0 Å². The van der Waals surface area contributed by atoms with Gasteiger partial charge in [0.25, 0.3) is 0 Å². The maximum absolute atomic E-state index is 5.99. The van der Waals surface area contributed by atoms with E-state index in [2.05, 4.69) is 36.0 Å². The Morgan fingerprint density at radius 2 is 2.11 bits per heavy atom. The molecular formula is C15H25N3O. The third-order valence-electron chi connectivity index (χ3n) is 4.29. The largest absolute Gasteiger partial charge is 0.378 e. The van der Waals surface area contributed by atoms with Crippen molar-refractivity contribution in [3.63, 3.8) is 0 Å². The van der Waals surface area contributed by atoms with Gasteiger partial charge in [-0.1, -0.05) is 0 Å². The Morgan fingerprint density at radius 1 is 1.42 bits per heavy atom. The lowest BCUT2D eigenvalue weighted by molar-refractivity contribution is -0.0918. The Labute approximate surface area is 116 Å². The Bertz CT molecular complexity index is 376. The highest BCUT2D eigenvalue weighted by atomic mass is 16.5. The minimum Gasteiger partial charge on any atom is -0.378 e. The van der Waals surface area contributed by atoms with E-state index < -0.39 is 0 Å². The van der Waals surface area contributed by atoms with Crippen LogP contribution in [0.1, 0.15) is 25.3 Å². The minimum atomic E-state index is 0.146. The molecule has 2 N–H and O–H groups in total. The molecule has 0 atom stereocenters. The van der Waals surface area contributed by atoms with Gasteiger partial charge >= 0.3 is 0 Å². The molecule has 4 heteroatoms. The first-order valence-corrected chi connectivity index (χ1v) is 7.12. The third kappa shape index (κ3) is 3.32. The van der Waals surface area contributed by atoms with E-state index in [4.69, 9.17) is 10.5 Å². The number of likely N-dealkylation sites (N-methyl/N-ethyl adjacent to an activating group) is 1. The first-order valence-electron chi connectivity index (χ1n) is 7.12. The van der Waals surface area contributed by atoms with Gasteiger partial charge in [0.15, 0.2) is 0 Å². The average Bonchev–Trinajstić information content (AvgIpc) is 2.41. The van der Waals surface area contributed by atoms with Crippen LogP contribution < -0.4 is 5.73 Å². The molecule has 1 aliphatic carbocycles. The number of hydrogen-bond donors (Lipinski definition) is 1. The fraction of sp³-hybridized carbons (Fsp3) is 0.667. The van der Waals surface area contributed by atoms with Gasteiger partial charge in [0.05, 0.1) is 6.10 Å². The Hall–Kier alpha value is -0.970. The third-order valence-corrected chi connectivity index (χ3v) is 4.29. The highest BCUT2D eigenvalue weighted by Crippen LogP contribution is 2.38. The second-order valence-corrected chi connectivity index (χ2v) is 5.44. The van der Waals surface area contributed by atoms with E-state index >= 15 is 0 Å². The normalized spacial score (nSPS) is 26.4. The van der Waals surface area contributed by atoms with Crippen LogP contribution in [0, 0.1) is 0 Å². The molecule has 0 bridgehead atoms. The summed E-state index contributed by atoms with van der Waals surface area (Å²) in [4.78, 5) is 6.45. The van der Waals surface area contributed by atoms with E-state index in [0.717, 1.165) is 32.4 Å². The van der Waals surface area contributed by atoms with Crippen molar-refractivity contribution in [3.8, 4) is 0 Å². The SMILES string of the molecule is CCOC1CC(CN)(N(C)CCc2ccncc2)C1. The van der Waals surface area contributed by atoms with Gasteiger partial charge in [0.1, 0.15) is 0 Å². The van der Waals surface area contributed by atoms with Crippen molar-refractivity contribution in [2.45, 2.75) is 37.8 Å². The smallest absolute Gasteiger partial charge is 0.0611 e. The van der Waals surface area contributed by atoms with Crippen LogP contribution in [-0.2, 0) is 11.2 Å². The summed E-state index contributed by atoms with van der Waals surface area (Å²) in [7, 11) is 2.18. The van der Waals surface area contributed by atoms with Gasteiger partial charge in [-0.25, -0.2) is 0 Å². The molecule has 0 spiro atoms. The molecule has 1 aromatic rings. The second-order valence-electron chi connectivity index (χ2n) is 5.44. The minimum absolute atomic E-state index is 0.146. The van der Waals surface area contributed by atoms with E-state index in [0.29, 0.717) is 12.6 Å². The van der Waals surface area contributed by atoms with Crippen LogP contribution in [0.3, 0.4) is 0 Å². The number of hydrogen-bond acceptors (Lipinski definition) is 4. The molecule has 1 heterocycles. The highest BCUT2D eigenvalue weighted by Gasteiger charge is 2.46. The van der Waals surface area contributed by atoms with Crippen LogP contribution in [0.4, 0.5) is 0 Å². The van der Waals surface area contributed by atoms with Crippen molar-refractivity contribution in [1.29, 1.82) is 0 Å². The Kier molecular flexibility index (Phi) is 4.91. The summed E-state index contributed by atoms with van der Waals surface area (Å²) < 4.78 is 5.66. The average molecular weight is 263 g/mol. The zero-order valence-electron chi connectivity index (χ0n) is 12.0. The van der Waals surface area contributed by atoms with Gasteiger partial charge in [-0.15, -0.1) is 0 Å². The molecule has 1 saturated carbocycles. The van der Waals surface area contributed by atoms with Crippen molar-refractivity contribution >= 4 is 0 Å². The maximum Gasteiger partial charge on any atom is 0.0611 e. The van der Waals surface area contributed by atoms with Crippen molar-refractivity contribution in [2.75, 3.05) is 26.7 Å². The Morgan fingerprint density at radius 3 is 2.68 bits per heavy atom. The first kappa shape index (κ1) is 14.4. The van der Waals surface area contributed by atoms with Crippen LogP contribution in [0.15, 0.2) is 24.5 Å². The molecule has 2 rings (SSSR count). The lowest BCUT2D eigenvalue weighted by Crippen LogP contribution is -2.63. The lowest BCUT2D eigenvalue weighted by atomic mass is 9.73. The summed E-state index contributed by atoms with van der Waals surface area (Å²) in [5, 5.41) is 0. The van der Waals surface area contributed by atoms with Crippen LogP contribution in [0.2, 0.25) is 0 Å². The van der Waals surface area contributed by atoms with Gasteiger partial charge < -0.3 is 10.5 Å². The summed E-state index contributed by atoms with van der Waals surface area (Å²) in [6, 6.07) is 4.15. The summed E-state index contributed by atoms with van der Waals surface area (Å²) in [5.41, 5.74) is 7.46. The van der Waals surface area contributed by atoms with Crippen molar-refractivity contribution in [1.82, 2.24) is 9.88 Å². The van der Waals surface area contributed by atoms with Crippen molar-refractivity contribution < 1.29 is 4.74 Å². The Balaban J connectivity index is 1.83. The van der Waals surface area contributed by atoms with Gasteiger partial charge in [0, 0.05) is 37.6 Å². The van der Waals surface area contributed by atoms with Gasteiger partial charge in [-0.05, 0) is 50.9 Å². The van der Waals surface area contributed by atoms with Crippen molar-refractivity contribution in [2.24, 2.45) is 5.73 Å². The van der Waals surface area contributed by atoms with Crippen molar-refractivity contribution in [3.05, 3.63) is 30.1 Å². The second kappa shape index (κ2) is 6.46. The summed E-state index contributed by atoms with van der Waals surface area (Å²) in [5.74, 6) is 0. The monoisotopic (exact) mass is 263 g/mol. The molecule has 0 aliphatic heterocycles. The van der Waals surface area contributed by atoms with Crippen LogP contribution in [-0.4, -0.2) is 48.3 Å². The molecule has 0 amide bonds. The number of rotatable bonds is 7. The molecule has 1 fully saturated rings. The van der Waals surface area contributed by atoms with Gasteiger partial charge in [0.2, 0.25) is 0 Å². The topological polar surface area (TPSA) is 51.4 Å². The molecule has 0 aromatic carbocycles. The number of nitrogens with two attached hydrogens (primary N) is 1. The predicted molar refractivity (Wildman–Crippen MR) is 77.0 cm³/mol. The van der Waals surface area contributed by atoms with E-state index in [1.165, 1.54) is 5.56 Å². The molecule has 0 saturated heterocycles. The maximum atomic E-state index is 5.99. The number of aromatic nitrogens is 1. The summed E-state index contributed by atoms with van der Waals surface area (Å²) in [6.45, 7) is 4.59. The summed E-state index contributed by atoms with van der Waals surface area (Å²) >= 11 is 0. The highest BCUT2D eigenvalue weighted by molar-refractivity contribution is 5.11. The molecule has 0 unspecified atom stereocenters. The molecule has 4 nitrogen and oxygen atoms in total. The molecule has 19 heavy (non-hydrogen) atoms. The zero-order chi connectivity index (χ0) is 13.7. The van der Waals surface area contributed by atoms with E-state index in [-0.39, 0.29) is 5.54 Å². The molecule has 106 valence electrons. The first-order chi connectivity index (χ1) is 9.20. The quantitative estimate of drug-likeness (QED) is 0.809. The molecule has 1 aromatic heterocycles. The van der Waals surface area contributed by atoms with Crippen LogP contribution in [0.25, 0.3) is 0 Å². The standard InChI is InChI=1S/C15H25N3O/c1-3-19-14-10-15(11-14,12-16)18(2)9-6-13-4-7-17-8-5-13/h4-5,7-8,14H,3,6,9-12,16H2,1-2H3. The molecule has 0 radical (unpaired) electrons. The zero-order valence-corrected chi connectivity index (χ0v) is 12.0. The summed E-state index contributed by atoms with van der Waals surface area (Å²) in [6.07, 6.45) is 7.26. The van der Waals surface area contributed by atoms with Crippen LogP contribution in [0.5, 0.6) is 0 Å². The number of ether oxygens (including phenoxy) is 1. The fourth-order valence-electron chi connectivity index (χ4n) is 2.86. The molecule has 1 aliphatic rings. The van der Waals surface area contributed by atoms with Gasteiger partial charge in [-0.3, -0.25) is 9.88 Å². The predicted octanol–water partition coefficient (Wildman–Crippen LogP) is 1.45. The lowest BCUT2D eigenvalue weighted by Gasteiger charge is -2.52.